The van der Waals surface area contributed by atoms with Gasteiger partial charge >= 0.3 is 5.97 Å². The number of carbonyl (C=O) groups excluding carboxylic acids is 1. The van der Waals surface area contributed by atoms with Crippen molar-refractivity contribution in [1.29, 1.82) is 0 Å². The number of aryl methyl sites for hydroxylation is 1. The van der Waals surface area contributed by atoms with E-state index in [-0.39, 0.29) is 11.8 Å². The van der Waals surface area contributed by atoms with E-state index in [0.29, 0.717) is 42.2 Å². The number of aromatic nitrogens is 2. The van der Waals surface area contributed by atoms with E-state index in [9.17, 15) is 19.8 Å². The Kier molecular flexibility index (Phi) is 8.48. The molecular weight excluding hydrogens is 560 g/mol. The van der Waals surface area contributed by atoms with Crippen LogP contribution >= 0.6 is 0 Å². The van der Waals surface area contributed by atoms with E-state index in [0.717, 1.165) is 55.2 Å². The Hall–Kier alpha value is -3.76. The first kappa shape index (κ1) is 30.3. The van der Waals surface area contributed by atoms with Gasteiger partial charge in [-0.2, -0.15) is 4.98 Å². The van der Waals surface area contributed by atoms with Gasteiger partial charge in [0.1, 0.15) is 23.6 Å². The molecule has 44 heavy (non-hydrogen) atoms. The van der Waals surface area contributed by atoms with Crippen LogP contribution in [0.15, 0.2) is 42.5 Å². The number of carboxylic acid groups (broad SMARTS) is 1. The van der Waals surface area contributed by atoms with Crippen molar-refractivity contribution >= 4 is 22.8 Å². The van der Waals surface area contributed by atoms with Crippen molar-refractivity contribution in [2.45, 2.75) is 76.2 Å². The molecule has 1 unspecified atom stereocenters. The molecule has 2 aromatic carbocycles. The molecule has 1 aromatic heterocycles. The molecule has 1 aliphatic heterocycles. The quantitative estimate of drug-likeness (QED) is 0.384. The minimum absolute atomic E-state index is 0.0598. The first-order valence-electron chi connectivity index (χ1n) is 15.7. The second-order valence-electron chi connectivity index (χ2n) is 12.8. The molecule has 234 valence electrons. The molecule has 0 spiro atoms. The lowest BCUT2D eigenvalue weighted by Crippen LogP contribution is -2.50. The summed E-state index contributed by atoms with van der Waals surface area (Å²) in [6.07, 6.45) is 4.61. The summed E-state index contributed by atoms with van der Waals surface area (Å²) in [5.41, 5.74) is 1.20. The highest BCUT2D eigenvalue weighted by atomic mass is 16.5. The highest BCUT2D eigenvalue weighted by Gasteiger charge is 2.62. The number of hydrogen-bond donors (Lipinski definition) is 3. The zero-order chi connectivity index (χ0) is 31.0. The zero-order valence-corrected chi connectivity index (χ0v) is 25.7. The van der Waals surface area contributed by atoms with Crippen molar-refractivity contribution in [3.63, 3.8) is 0 Å². The molecule has 3 aliphatic rings. The van der Waals surface area contributed by atoms with Crippen molar-refractivity contribution in [1.82, 2.24) is 20.2 Å². The molecule has 2 aliphatic carbocycles. The SMILES string of the molecule is COc1ccc2c(O[C@@H]3C[C@H]4C(=O)N[C@]5(C(=O)O)C[C@H]5CCCCCCN(C)C(O)[C@@H]4C3)nc(-c3ccccc3)nc2c1C. The summed E-state index contributed by atoms with van der Waals surface area (Å²) in [5, 5.41) is 25.3. The third-order valence-electron chi connectivity index (χ3n) is 9.95. The summed E-state index contributed by atoms with van der Waals surface area (Å²) < 4.78 is 12.2. The van der Waals surface area contributed by atoms with Gasteiger partial charge in [-0.15, -0.1) is 0 Å². The third kappa shape index (κ3) is 5.73. The van der Waals surface area contributed by atoms with Crippen LogP contribution in [0, 0.1) is 24.7 Å². The molecule has 6 rings (SSSR count). The van der Waals surface area contributed by atoms with Crippen molar-refractivity contribution in [2.24, 2.45) is 17.8 Å². The molecule has 3 aromatic rings. The monoisotopic (exact) mass is 602 g/mol. The Balaban J connectivity index is 1.33. The summed E-state index contributed by atoms with van der Waals surface area (Å²) in [6, 6.07) is 13.4. The fourth-order valence-corrected chi connectivity index (χ4v) is 7.24. The van der Waals surface area contributed by atoms with Gasteiger partial charge in [0.2, 0.25) is 11.8 Å². The van der Waals surface area contributed by atoms with Gasteiger partial charge in [0.05, 0.1) is 18.0 Å². The maximum atomic E-state index is 13.8. The number of nitrogens with one attached hydrogen (secondary N) is 1. The first-order chi connectivity index (χ1) is 21.2. The Labute approximate surface area is 257 Å². The Morgan fingerprint density at radius 3 is 2.59 bits per heavy atom. The van der Waals surface area contributed by atoms with E-state index >= 15 is 0 Å². The van der Waals surface area contributed by atoms with Gasteiger partial charge in [0.25, 0.3) is 0 Å². The second kappa shape index (κ2) is 12.3. The number of fused-ring (bicyclic) bond motifs is 3. The molecule has 1 amide bonds. The molecule has 1 saturated heterocycles. The Bertz CT molecular complexity index is 1530. The van der Waals surface area contributed by atoms with Crippen molar-refractivity contribution in [3.05, 3.63) is 48.0 Å². The molecule has 10 heteroatoms. The van der Waals surface area contributed by atoms with Crippen LogP contribution in [-0.2, 0) is 9.59 Å². The predicted octanol–water partition coefficient (Wildman–Crippen LogP) is 4.56. The molecule has 0 bridgehead atoms. The van der Waals surface area contributed by atoms with Crippen molar-refractivity contribution < 1.29 is 29.3 Å². The summed E-state index contributed by atoms with van der Waals surface area (Å²) in [4.78, 5) is 37.8. The van der Waals surface area contributed by atoms with E-state index in [1.807, 2.05) is 61.3 Å². The number of amides is 1. The van der Waals surface area contributed by atoms with Crippen LogP contribution in [0.4, 0.5) is 0 Å². The largest absolute Gasteiger partial charge is 0.496 e. The fraction of sp³-hybridized carbons (Fsp3) is 0.529. The van der Waals surface area contributed by atoms with Crippen LogP contribution in [0.3, 0.4) is 0 Å². The normalized spacial score (nSPS) is 29.6. The van der Waals surface area contributed by atoms with Crippen LogP contribution in [-0.4, -0.2) is 75.5 Å². The highest BCUT2D eigenvalue weighted by molar-refractivity contribution is 5.92. The van der Waals surface area contributed by atoms with Gasteiger partial charge in [0.15, 0.2) is 5.82 Å². The van der Waals surface area contributed by atoms with Gasteiger partial charge < -0.3 is 25.0 Å². The van der Waals surface area contributed by atoms with E-state index in [2.05, 4.69) is 5.32 Å². The van der Waals surface area contributed by atoms with Crippen LogP contribution in [0.5, 0.6) is 11.6 Å². The lowest BCUT2D eigenvalue weighted by atomic mass is 9.92. The van der Waals surface area contributed by atoms with Crippen LogP contribution in [0.1, 0.15) is 56.9 Å². The average Bonchev–Trinajstić information content (AvgIpc) is 3.56. The molecule has 2 heterocycles. The number of hydrogen-bond acceptors (Lipinski definition) is 8. The molecule has 3 fully saturated rings. The Morgan fingerprint density at radius 1 is 1.07 bits per heavy atom. The molecule has 10 nitrogen and oxygen atoms in total. The maximum absolute atomic E-state index is 13.8. The number of aliphatic hydroxyl groups is 1. The summed E-state index contributed by atoms with van der Waals surface area (Å²) >= 11 is 0. The van der Waals surface area contributed by atoms with Crippen molar-refractivity contribution in [3.8, 4) is 23.0 Å². The van der Waals surface area contributed by atoms with Crippen LogP contribution in [0.2, 0.25) is 0 Å². The number of methoxy groups -OCH3 is 1. The highest BCUT2D eigenvalue weighted by Crippen LogP contribution is 2.48. The second-order valence-corrected chi connectivity index (χ2v) is 12.8. The first-order valence-corrected chi connectivity index (χ1v) is 15.7. The van der Waals surface area contributed by atoms with Gasteiger partial charge in [-0.3, -0.25) is 9.69 Å². The molecule has 6 atom stereocenters. The number of aliphatic carboxylic acids is 1. The lowest BCUT2D eigenvalue weighted by molar-refractivity contribution is -0.145. The molecule has 0 radical (unpaired) electrons. The fourth-order valence-electron chi connectivity index (χ4n) is 7.24. The third-order valence-corrected chi connectivity index (χ3v) is 9.95. The van der Waals surface area contributed by atoms with E-state index in [4.69, 9.17) is 19.4 Å². The maximum Gasteiger partial charge on any atom is 0.329 e. The zero-order valence-electron chi connectivity index (χ0n) is 25.7. The lowest BCUT2D eigenvalue weighted by Gasteiger charge is -2.32. The Morgan fingerprint density at radius 2 is 1.84 bits per heavy atom. The minimum atomic E-state index is -1.22. The van der Waals surface area contributed by atoms with E-state index < -0.39 is 35.7 Å². The predicted molar refractivity (Wildman–Crippen MR) is 165 cm³/mol. The summed E-state index contributed by atoms with van der Waals surface area (Å²) in [5.74, 6) is -0.775. The van der Waals surface area contributed by atoms with Gasteiger partial charge in [-0.05, 0) is 64.1 Å². The number of aliphatic hydroxyl groups excluding tert-OH is 1. The van der Waals surface area contributed by atoms with Gasteiger partial charge in [-0.1, -0.05) is 49.6 Å². The molecular formula is C34H42N4O6. The smallest absolute Gasteiger partial charge is 0.329 e. The number of carboxylic acids is 1. The summed E-state index contributed by atoms with van der Waals surface area (Å²) in [6.45, 7) is 2.67. The molecule has 2 saturated carbocycles. The number of rotatable bonds is 5. The van der Waals surface area contributed by atoms with E-state index in [1.54, 1.807) is 7.11 Å². The number of ether oxygens (including phenoxy) is 2. The number of nitrogens with zero attached hydrogens (tertiary/aromatic N) is 3. The van der Waals surface area contributed by atoms with Crippen LogP contribution < -0.4 is 14.8 Å². The van der Waals surface area contributed by atoms with Gasteiger partial charge in [-0.25, -0.2) is 9.78 Å². The topological polar surface area (TPSA) is 134 Å². The molecule has 3 N–H and O–H groups in total. The minimum Gasteiger partial charge on any atom is -0.496 e. The van der Waals surface area contributed by atoms with Crippen molar-refractivity contribution in [2.75, 3.05) is 20.7 Å². The standard InChI is InChI=1S/C34H42N4O6/c1-20-27(43-3)15-14-24-28(20)35-29(21-11-7-6-8-12-21)36-31(24)44-23-17-25-26(18-23)32(40)38(2)16-10-5-4-9-13-22-19-34(22,33(41)42)37-30(25)39/h6-8,11-12,14-15,22-23,25-26,32,40H,4-5,9-10,13,16-19H2,1-3H3,(H,37,39)(H,41,42)/t22-,23-,25-,26-,32?,34-/m1/s1. The number of benzene rings is 2. The van der Waals surface area contributed by atoms with Crippen LogP contribution in [0.25, 0.3) is 22.3 Å². The number of carbonyl (C=O) groups is 2. The van der Waals surface area contributed by atoms with E-state index in [1.165, 1.54) is 0 Å². The average molecular weight is 603 g/mol. The van der Waals surface area contributed by atoms with Gasteiger partial charge in [0, 0.05) is 29.5 Å². The summed E-state index contributed by atoms with van der Waals surface area (Å²) in [7, 11) is 3.51.